The summed E-state index contributed by atoms with van der Waals surface area (Å²) in [6, 6.07) is 16.2. The van der Waals surface area contributed by atoms with Crippen LogP contribution in [-0.2, 0) is 4.74 Å². The van der Waals surface area contributed by atoms with Gasteiger partial charge in [-0.1, -0.05) is 24.3 Å². The van der Waals surface area contributed by atoms with Crippen LogP contribution in [0.5, 0.6) is 0 Å². The van der Waals surface area contributed by atoms with Gasteiger partial charge in [-0.25, -0.2) is 0 Å². The minimum Gasteiger partial charge on any atom is -0.378 e. The summed E-state index contributed by atoms with van der Waals surface area (Å²) in [7, 11) is 1.78. The van der Waals surface area contributed by atoms with Gasteiger partial charge < -0.3 is 20.3 Å². The maximum Gasteiger partial charge on any atom is 0.253 e. The number of anilines is 1. The number of ether oxygens (including phenoxy) is 1. The molecule has 1 aliphatic heterocycles. The molecule has 1 aliphatic rings. The van der Waals surface area contributed by atoms with Gasteiger partial charge in [0.05, 0.1) is 13.2 Å². The van der Waals surface area contributed by atoms with E-state index < -0.39 is 0 Å². The molecule has 5 nitrogen and oxygen atoms in total. The number of likely N-dealkylation sites (N-methyl/N-ethyl adjacent to an activating group) is 1. The molecule has 2 aromatic carbocycles. The molecule has 132 valence electrons. The van der Waals surface area contributed by atoms with E-state index >= 15 is 0 Å². The minimum absolute atomic E-state index is 0.00256. The molecule has 3 rings (SSSR count). The smallest absolute Gasteiger partial charge is 0.253 e. The van der Waals surface area contributed by atoms with Crippen molar-refractivity contribution < 1.29 is 9.53 Å². The topological polar surface area (TPSA) is 58.8 Å². The van der Waals surface area contributed by atoms with E-state index in [1.807, 2.05) is 24.3 Å². The van der Waals surface area contributed by atoms with E-state index in [0.29, 0.717) is 18.7 Å². The van der Waals surface area contributed by atoms with Gasteiger partial charge in [-0.2, -0.15) is 0 Å². The third-order valence-corrected chi connectivity index (χ3v) is 4.50. The molecule has 0 aromatic heterocycles. The molecule has 2 aromatic rings. The van der Waals surface area contributed by atoms with Crippen LogP contribution in [0.3, 0.4) is 0 Å². The largest absolute Gasteiger partial charge is 0.378 e. The Morgan fingerprint density at radius 3 is 2.52 bits per heavy atom. The van der Waals surface area contributed by atoms with Crippen LogP contribution in [0.4, 0.5) is 5.69 Å². The molecule has 0 aliphatic carbocycles. The number of benzene rings is 2. The van der Waals surface area contributed by atoms with E-state index in [1.54, 1.807) is 11.9 Å². The molecule has 25 heavy (non-hydrogen) atoms. The number of hydrogen-bond acceptors (Lipinski definition) is 4. The average Bonchev–Trinajstić information content (AvgIpc) is 2.68. The van der Waals surface area contributed by atoms with E-state index in [-0.39, 0.29) is 5.91 Å². The molecule has 0 saturated carbocycles. The molecule has 0 unspecified atom stereocenters. The number of nitrogens with zero attached hydrogens (tertiary/aromatic N) is 2. The molecule has 0 radical (unpaired) electrons. The second-order valence-corrected chi connectivity index (χ2v) is 6.24. The Kier molecular flexibility index (Phi) is 5.68. The Bertz CT molecular complexity index is 709. The number of amides is 1. The fourth-order valence-corrected chi connectivity index (χ4v) is 3.03. The van der Waals surface area contributed by atoms with Gasteiger partial charge in [-0.3, -0.25) is 4.79 Å². The molecule has 1 saturated heterocycles. The first-order valence-corrected chi connectivity index (χ1v) is 8.68. The summed E-state index contributed by atoms with van der Waals surface area (Å²) in [5.74, 6) is -0.00256. The van der Waals surface area contributed by atoms with Crippen molar-refractivity contribution in [2.45, 2.75) is 0 Å². The number of morpholine rings is 1. The highest BCUT2D eigenvalue weighted by molar-refractivity contribution is 5.95. The SMILES string of the molecule is CN(CCN)C(=O)c1cccc(-c2ccc(N3CCOCC3)cc2)c1. The lowest BCUT2D eigenvalue weighted by Crippen LogP contribution is -2.36. The Hall–Kier alpha value is -2.37. The van der Waals surface area contributed by atoms with Gasteiger partial charge >= 0.3 is 0 Å². The number of nitrogens with two attached hydrogens (primary N) is 1. The predicted molar refractivity (Wildman–Crippen MR) is 101 cm³/mol. The molecule has 5 heteroatoms. The van der Waals surface area contributed by atoms with Crippen LogP contribution >= 0.6 is 0 Å². The van der Waals surface area contributed by atoms with E-state index in [0.717, 1.165) is 37.4 Å². The van der Waals surface area contributed by atoms with Crippen LogP contribution in [0.2, 0.25) is 0 Å². The van der Waals surface area contributed by atoms with Crippen LogP contribution in [-0.4, -0.2) is 57.2 Å². The zero-order chi connectivity index (χ0) is 17.6. The first-order valence-electron chi connectivity index (χ1n) is 8.68. The summed E-state index contributed by atoms with van der Waals surface area (Å²) >= 11 is 0. The van der Waals surface area contributed by atoms with Gasteiger partial charge in [0.15, 0.2) is 0 Å². The zero-order valence-electron chi connectivity index (χ0n) is 14.6. The van der Waals surface area contributed by atoms with Crippen LogP contribution in [0.1, 0.15) is 10.4 Å². The second-order valence-electron chi connectivity index (χ2n) is 6.24. The third-order valence-electron chi connectivity index (χ3n) is 4.50. The number of carbonyl (C=O) groups is 1. The predicted octanol–water partition coefficient (Wildman–Crippen LogP) is 2.22. The molecule has 0 spiro atoms. The van der Waals surface area contributed by atoms with Gasteiger partial charge in [0, 0.05) is 44.5 Å². The fraction of sp³-hybridized carbons (Fsp3) is 0.350. The fourth-order valence-electron chi connectivity index (χ4n) is 3.03. The summed E-state index contributed by atoms with van der Waals surface area (Å²) < 4.78 is 5.40. The lowest BCUT2D eigenvalue weighted by Gasteiger charge is -2.28. The lowest BCUT2D eigenvalue weighted by molar-refractivity contribution is 0.0799. The quantitative estimate of drug-likeness (QED) is 0.907. The monoisotopic (exact) mass is 339 g/mol. The highest BCUT2D eigenvalue weighted by Crippen LogP contribution is 2.25. The molecule has 0 atom stereocenters. The van der Waals surface area contributed by atoms with Crippen molar-refractivity contribution in [1.29, 1.82) is 0 Å². The van der Waals surface area contributed by atoms with Gasteiger partial charge in [-0.05, 0) is 35.4 Å². The summed E-state index contributed by atoms with van der Waals surface area (Å²) in [4.78, 5) is 16.4. The van der Waals surface area contributed by atoms with Crippen molar-refractivity contribution in [2.75, 3.05) is 51.3 Å². The minimum atomic E-state index is -0.00256. The van der Waals surface area contributed by atoms with Crippen molar-refractivity contribution in [2.24, 2.45) is 5.73 Å². The molecular weight excluding hydrogens is 314 g/mol. The first-order chi connectivity index (χ1) is 12.2. The standard InChI is InChI=1S/C20H25N3O2/c1-22(10-9-21)20(24)18-4-2-3-17(15-18)16-5-7-19(8-6-16)23-11-13-25-14-12-23/h2-8,15H,9-14,21H2,1H3. The molecule has 1 heterocycles. The van der Waals surface area contributed by atoms with E-state index in [1.165, 1.54) is 5.69 Å². The summed E-state index contributed by atoms with van der Waals surface area (Å²) in [5, 5.41) is 0. The highest BCUT2D eigenvalue weighted by Gasteiger charge is 2.13. The summed E-state index contributed by atoms with van der Waals surface area (Å²) in [6.45, 7) is 4.43. The van der Waals surface area contributed by atoms with E-state index in [2.05, 4.69) is 29.2 Å². The first kappa shape index (κ1) is 17.5. The number of hydrogen-bond donors (Lipinski definition) is 1. The van der Waals surface area contributed by atoms with E-state index in [4.69, 9.17) is 10.5 Å². The van der Waals surface area contributed by atoms with Crippen molar-refractivity contribution >= 4 is 11.6 Å². The van der Waals surface area contributed by atoms with Gasteiger partial charge in [0.1, 0.15) is 0 Å². The number of carbonyl (C=O) groups excluding carboxylic acids is 1. The number of rotatable bonds is 5. The van der Waals surface area contributed by atoms with Crippen LogP contribution < -0.4 is 10.6 Å². The van der Waals surface area contributed by atoms with Crippen LogP contribution in [0.25, 0.3) is 11.1 Å². The van der Waals surface area contributed by atoms with Crippen molar-refractivity contribution in [1.82, 2.24) is 4.90 Å². The molecule has 0 bridgehead atoms. The van der Waals surface area contributed by atoms with Gasteiger partial charge in [0.2, 0.25) is 0 Å². The van der Waals surface area contributed by atoms with E-state index in [9.17, 15) is 4.79 Å². The van der Waals surface area contributed by atoms with Gasteiger partial charge in [0.25, 0.3) is 5.91 Å². The van der Waals surface area contributed by atoms with Crippen molar-refractivity contribution in [3.63, 3.8) is 0 Å². The summed E-state index contributed by atoms with van der Waals surface area (Å²) in [5.41, 5.74) is 9.58. The second kappa shape index (κ2) is 8.14. The Labute approximate surface area is 149 Å². The molecule has 1 amide bonds. The lowest BCUT2D eigenvalue weighted by atomic mass is 10.0. The van der Waals surface area contributed by atoms with Crippen molar-refractivity contribution in [3.05, 3.63) is 54.1 Å². The normalized spacial score (nSPS) is 14.4. The Morgan fingerprint density at radius 2 is 1.84 bits per heavy atom. The molecule has 1 fully saturated rings. The average molecular weight is 339 g/mol. The van der Waals surface area contributed by atoms with Crippen molar-refractivity contribution in [3.8, 4) is 11.1 Å². The van der Waals surface area contributed by atoms with Crippen LogP contribution in [0.15, 0.2) is 48.5 Å². The molecular formula is C20H25N3O2. The molecule has 2 N–H and O–H groups in total. The Morgan fingerprint density at radius 1 is 1.12 bits per heavy atom. The zero-order valence-corrected chi connectivity index (χ0v) is 14.6. The Balaban J connectivity index is 1.77. The van der Waals surface area contributed by atoms with Gasteiger partial charge in [-0.15, -0.1) is 0 Å². The third kappa shape index (κ3) is 4.18. The summed E-state index contributed by atoms with van der Waals surface area (Å²) in [6.07, 6.45) is 0. The maximum atomic E-state index is 12.4. The maximum absolute atomic E-state index is 12.4. The highest BCUT2D eigenvalue weighted by atomic mass is 16.5. The van der Waals surface area contributed by atoms with Crippen LogP contribution in [0, 0.1) is 0 Å².